The normalized spacial score (nSPS) is 12.4. The second kappa shape index (κ2) is 8.09. The van der Waals surface area contributed by atoms with Crippen LogP contribution in [0.15, 0.2) is 24.3 Å². The third-order valence-corrected chi connectivity index (χ3v) is 2.68. The third kappa shape index (κ3) is 5.20. The van der Waals surface area contributed by atoms with E-state index in [0.29, 0.717) is 0 Å². The molecular weight excluding hydrogens is 214 g/mol. The summed E-state index contributed by atoms with van der Waals surface area (Å²) in [6.07, 6.45) is 1.95. The van der Waals surface area contributed by atoms with Crippen LogP contribution in [0.25, 0.3) is 0 Å². The number of aliphatic hydroxyl groups excluding tert-OH is 1. The summed E-state index contributed by atoms with van der Waals surface area (Å²) in [5.74, 6) is 0.920. The van der Waals surface area contributed by atoms with Gasteiger partial charge in [0.25, 0.3) is 0 Å². The van der Waals surface area contributed by atoms with E-state index in [4.69, 9.17) is 9.84 Å². The van der Waals surface area contributed by atoms with Gasteiger partial charge in [0.2, 0.25) is 0 Å². The average molecular weight is 237 g/mol. The Morgan fingerprint density at radius 2 is 2.18 bits per heavy atom. The van der Waals surface area contributed by atoms with Gasteiger partial charge in [-0.05, 0) is 30.5 Å². The second-order valence-electron chi connectivity index (χ2n) is 4.16. The quantitative estimate of drug-likeness (QED) is 0.729. The zero-order valence-corrected chi connectivity index (χ0v) is 10.8. The van der Waals surface area contributed by atoms with Crippen molar-refractivity contribution >= 4 is 0 Å². The molecule has 1 aromatic rings. The summed E-state index contributed by atoms with van der Waals surface area (Å²) in [6.45, 7) is 5.86. The smallest absolute Gasteiger partial charge is 0.119 e. The van der Waals surface area contributed by atoms with Crippen molar-refractivity contribution in [2.24, 2.45) is 0 Å². The third-order valence-electron chi connectivity index (χ3n) is 2.68. The van der Waals surface area contributed by atoms with E-state index < -0.39 is 0 Å². The fraction of sp³-hybridized carbons (Fsp3) is 0.571. The second-order valence-corrected chi connectivity index (χ2v) is 4.16. The van der Waals surface area contributed by atoms with Crippen molar-refractivity contribution < 1.29 is 9.84 Å². The molecule has 3 heteroatoms. The molecule has 3 nitrogen and oxygen atoms in total. The van der Waals surface area contributed by atoms with Gasteiger partial charge in [0.15, 0.2) is 0 Å². The van der Waals surface area contributed by atoms with Gasteiger partial charge in [-0.25, -0.2) is 0 Å². The fourth-order valence-electron chi connectivity index (χ4n) is 1.57. The van der Waals surface area contributed by atoms with Gasteiger partial charge in [-0.1, -0.05) is 26.0 Å². The Bertz CT molecular complexity index is 311. The van der Waals surface area contributed by atoms with Crippen molar-refractivity contribution in [2.45, 2.75) is 39.3 Å². The van der Waals surface area contributed by atoms with Crippen molar-refractivity contribution in [1.82, 2.24) is 5.32 Å². The summed E-state index contributed by atoms with van der Waals surface area (Å²) in [5.41, 5.74) is 1.19. The maximum atomic E-state index is 9.09. The first-order valence-electron chi connectivity index (χ1n) is 6.36. The molecule has 2 N–H and O–H groups in total. The van der Waals surface area contributed by atoms with Gasteiger partial charge >= 0.3 is 0 Å². The molecule has 0 fully saturated rings. The first-order valence-corrected chi connectivity index (χ1v) is 6.36. The molecule has 0 saturated carbocycles. The van der Waals surface area contributed by atoms with Gasteiger partial charge in [-0.3, -0.25) is 0 Å². The molecule has 0 amide bonds. The predicted octanol–water partition coefficient (Wildman–Crippen LogP) is 2.34. The van der Waals surface area contributed by atoms with E-state index in [-0.39, 0.29) is 12.6 Å². The number of rotatable bonds is 8. The molecule has 96 valence electrons. The largest absolute Gasteiger partial charge is 0.494 e. The van der Waals surface area contributed by atoms with Crippen LogP contribution in [-0.4, -0.2) is 24.4 Å². The number of nitrogens with one attached hydrogen (secondary N) is 1. The summed E-state index contributed by atoms with van der Waals surface area (Å²) >= 11 is 0. The van der Waals surface area contributed by atoms with Gasteiger partial charge in [0.1, 0.15) is 5.75 Å². The van der Waals surface area contributed by atoms with Crippen molar-refractivity contribution in [3.05, 3.63) is 29.8 Å². The molecule has 0 aromatic heterocycles. The summed E-state index contributed by atoms with van der Waals surface area (Å²) in [7, 11) is 0. The van der Waals surface area contributed by atoms with Gasteiger partial charge in [0, 0.05) is 12.6 Å². The Morgan fingerprint density at radius 3 is 2.82 bits per heavy atom. The predicted molar refractivity (Wildman–Crippen MR) is 70.2 cm³/mol. The lowest BCUT2D eigenvalue weighted by molar-refractivity contribution is 0.238. The van der Waals surface area contributed by atoms with Crippen molar-refractivity contribution in [3.8, 4) is 5.75 Å². The molecule has 0 aliphatic rings. The average Bonchev–Trinajstić information content (AvgIpc) is 2.38. The molecule has 1 atom stereocenters. The van der Waals surface area contributed by atoms with Gasteiger partial charge in [-0.2, -0.15) is 0 Å². The molecule has 0 saturated heterocycles. The van der Waals surface area contributed by atoms with Crippen molar-refractivity contribution in [3.63, 3.8) is 0 Å². The van der Waals surface area contributed by atoms with Crippen LogP contribution in [0.5, 0.6) is 5.75 Å². The van der Waals surface area contributed by atoms with E-state index >= 15 is 0 Å². The highest BCUT2D eigenvalue weighted by atomic mass is 16.5. The number of hydrogen-bond donors (Lipinski definition) is 2. The summed E-state index contributed by atoms with van der Waals surface area (Å²) < 4.78 is 5.58. The zero-order valence-electron chi connectivity index (χ0n) is 10.8. The van der Waals surface area contributed by atoms with E-state index in [9.17, 15) is 0 Å². The first kappa shape index (κ1) is 14.0. The summed E-state index contributed by atoms with van der Waals surface area (Å²) in [6, 6.07) is 8.27. The Labute approximate surface area is 104 Å². The molecule has 1 aromatic carbocycles. The highest BCUT2D eigenvalue weighted by Gasteiger charge is 2.03. The van der Waals surface area contributed by atoms with Crippen LogP contribution in [-0.2, 0) is 6.54 Å². The van der Waals surface area contributed by atoms with Crippen LogP contribution in [0.4, 0.5) is 0 Å². The maximum absolute atomic E-state index is 9.09. The van der Waals surface area contributed by atoms with E-state index in [1.165, 1.54) is 5.56 Å². The molecule has 0 radical (unpaired) electrons. The number of ether oxygens (including phenoxy) is 1. The van der Waals surface area contributed by atoms with E-state index in [1.807, 2.05) is 18.2 Å². The Balaban J connectivity index is 2.47. The minimum atomic E-state index is 0.176. The van der Waals surface area contributed by atoms with Crippen LogP contribution in [0, 0.1) is 0 Å². The number of hydrogen-bond acceptors (Lipinski definition) is 3. The maximum Gasteiger partial charge on any atom is 0.119 e. The highest BCUT2D eigenvalue weighted by Crippen LogP contribution is 2.13. The van der Waals surface area contributed by atoms with Crippen LogP contribution in [0.3, 0.4) is 0 Å². The molecule has 1 rings (SSSR count). The van der Waals surface area contributed by atoms with Crippen molar-refractivity contribution in [1.29, 1.82) is 0 Å². The minimum Gasteiger partial charge on any atom is -0.494 e. The Hall–Kier alpha value is -1.06. The SMILES string of the molecule is CCCOc1cccc(CN[C@H](CC)CO)c1. The van der Waals surface area contributed by atoms with E-state index in [1.54, 1.807) is 0 Å². The topological polar surface area (TPSA) is 41.5 Å². The Morgan fingerprint density at radius 1 is 1.35 bits per heavy atom. The molecule has 17 heavy (non-hydrogen) atoms. The Kier molecular flexibility index (Phi) is 6.67. The molecule has 0 aliphatic heterocycles. The van der Waals surface area contributed by atoms with Gasteiger partial charge < -0.3 is 15.2 Å². The zero-order chi connectivity index (χ0) is 12.5. The lowest BCUT2D eigenvalue weighted by Crippen LogP contribution is -2.31. The molecule has 0 unspecified atom stereocenters. The number of benzene rings is 1. The molecule has 0 heterocycles. The lowest BCUT2D eigenvalue weighted by Gasteiger charge is -2.14. The highest BCUT2D eigenvalue weighted by molar-refractivity contribution is 5.28. The van der Waals surface area contributed by atoms with Crippen LogP contribution >= 0.6 is 0 Å². The van der Waals surface area contributed by atoms with E-state index in [0.717, 1.165) is 31.7 Å². The minimum absolute atomic E-state index is 0.176. The van der Waals surface area contributed by atoms with Crippen molar-refractivity contribution in [2.75, 3.05) is 13.2 Å². The molecule has 0 aliphatic carbocycles. The van der Waals surface area contributed by atoms with Gasteiger partial charge in [0.05, 0.1) is 13.2 Å². The van der Waals surface area contributed by atoms with Gasteiger partial charge in [-0.15, -0.1) is 0 Å². The number of aliphatic hydroxyl groups is 1. The molecule has 0 bridgehead atoms. The van der Waals surface area contributed by atoms with Crippen LogP contribution in [0.2, 0.25) is 0 Å². The molecule has 0 spiro atoms. The summed E-state index contributed by atoms with van der Waals surface area (Å²) in [5, 5.41) is 12.4. The van der Waals surface area contributed by atoms with Crippen LogP contribution in [0.1, 0.15) is 32.3 Å². The van der Waals surface area contributed by atoms with E-state index in [2.05, 4.69) is 25.2 Å². The first-order chi connectivity index (χ1) is 8.30. The lowest BCUT2D eigenvalue weighted by atomic mass is 10.2. The monoisotopic (exact) mass is 237 g/mol. The standard InChI is InChI=1S/C14H23NO2/c1-3-8-17-14-7-5-6-12(9-14)10-15-13(4-2)11-16/h5-7,9,13,15-16H,3-4,8,10-11H2,1-2H3/t13-/m1/s1. The summed E-state index contributed by atoms with van der Waals surface area (Å²) in [4.78, 5) is 0. The van der Waals surface area contributed by atoms with Crippen LogP contribution < -0.4 is 10.1 Å². The fourth-order valence-corrected chi connectivity index (χ4v) is 1.57. The molecular formula is C14H23NO2.